The fourth-order valence-electron chi connectivity index (χ4n) is 2.34. The fraction of sp³-hybridized carbons (Fsp3) is 0.118. The lowest BCUT2D eigenvalue weighted by atomic mass is 10.2. The first-order valence-corrected chi connectivity index (χ1v) is 7.08. The zero-order chi connectivity index (χ0) is 16.2. The van der Waals surface area contributed by atoms with Crippen molar-refractivity contribution in [1.82, 2.24) is 14.9 Å². The average Bonchev–Trinajstić information content (AvgIpc) is 2.57. The van der Waals surface area contributed by atoms with E-state index in [4.69, 9.17) is 0 Å². The predicted molar refractivity (Wildman–Crippen MR) is 84.2 cm³/mol. The van der Waals surface area contributed by atoms with Gasteiger partial charge in [0.25, 0.3) is 0 Å². The number of hydrogen-bond donors (Lipinski definition) is 1. The van der Waals surface area contributed by atoms with Crippen LogP contribution in [0.3, 0.4) is 0 Å². The number of nitrogens with zero attached hydrogens (tertiary/aromatic N) is 2. The maximum Gasteiger partial charge on any atom is 0.240 e. The number of benzene rings is 1. The second kappa shape index (κ2) is 6.39. The molecule has 0 fully saturated rings. The summed E-state index contributed by atoms with van der Waals surface area (Å²) in [4.78, 5) is 27.8. The molecule has 116 valence electrons. The smallest absolute Gasteiger partial charge is 0.240 e. The highest BCUT2D eigenvalue weighted by atomic mass is 19.1. The van der Waals surface area contributed by atoms with Crippen LogP contribution in [0.15, 0.2) is 59.8 Å². The van der Waals surface area contributed by atoms with Gasteiger partial charge in [-0.3, -0.25) is 14.6 Å². The van der Waals surface area contributed by atoms with Gasteiger partial charge in [0.05, 0.1) is 5.52 Å². The van der Waals surface area contributed by atoms with Gasteiger partial charge in [0.2, 0.25) is 5.91 Å². The predicted octanol–water partition coefficient (Wildman–Crippen LogP) is 1.85. The normalized spacial score (nSPS) is 10.7. The molecule has 1 aromatic carbocycles. The number of fused-ring (bicyclic) bond motifs is 1. The number of carbonyl (C=O) groups excluding carboxylic acids is 1. The van der Waals surface area contributed by atoms with Crippen molar-refractivity contribution in [2.24, 2.45) is 0 Å². The van der Waals surface area contributed by atoms with Gasteiger partial charge in [-0.2, -0.15) is 0 Å². The van der Waals surface area contributed by atoms with Crippen molar-refractivity contribution in [3.8, 4) is 0 Å². The largest absolute Gasteiger partial charge is 0.350 e. The Hall–Kier alpha value is -3.02. The van der Waals surface area contributed by atoms with Crippen LogP contribution in [0.5, 0.6) is 0 Å². The van der Waals surface area contributed by atoms with Crippen LogP contribution >= 0.6 is 0 Å². The molecule has 1 amide bonds. The molecule has 5 nitrogen and oxygen atoms in total. The van der Waals surface area contributed by atoms with E-state index in [-0.39, 0.29) is 23.3 Å². The minimum atomic E-state index is -0.478. The molecule has 0 aliphatic rings. The summed E-state index contributed by atoms with van der Waals surface area (Å²) in [7, 11) is 0. The van der Waals surface area contributed by atoms with E-state index in [2.05, 4.69) is 10.3 Å². The van der Waals surface area contributed by atoms with Crippen molar-refractivity contribution in [3.63, 3.8) is 0 Å². The minimum Gasteiger partial charge on any atom is -0.350 e. The van der Waals surface area contributed by atoms with Gasteiger partial charge in [-0.1, -0.05) is 6.07 Å². The number of amides is 1. The Kier molecular flexibility index (Phi) is 4.14. The van der Waals surface area contributed by atoms with Crippen LogP contribution < -0.4 is 10.7 Å². The molecule has 2 heterocycles. The minimum absolute atomic E-state index is 0.0443. The molecule has 3 rings (SSSR count). The van der Waals surface area contributed by atoms with E-state index in [9.17, 15) is 14.0 Å². The molecule has 0 radical (unpaired) electrons. The maximum absolute atomic E-state index is 13.3. The third-order valence-electron chi connectivity index (χ3n) is 3.47. The molecule has 0 aliphatic carbocycles. The molecule has 0 spiro atoms. The van der Waals surface area contributed by atoms with Crippen molar-refractivity contribution < 1.29 is 9.18 Å². The third kappa shape index (κ3) is 3.42. The average molecular weight is 311 g/mol. The van der Waals surface area contributed by atoms with E-state index in [0.717, 1.165) is 5.56 Å². The first-order chi connectivity index (χ1) is 11.1. The van der Waals surface area contributed by atoms with Gasteiger partial charge >= 0.3 is 0 Å². The quantitative estimate of drug-likeness (QED) is 0.800. The second-order valence-corrected chi connectivity index (χ2v) is 5.11. The highest BCUT2D eigenvalue weighted by Gasteiger charge is 2.08. The Morgan fingerprint density at radius 3 is 2.91 bits per heavy atom. The van der Waals surface area contributed by atoms with Crippen molar-refractivity contribution in [2.75, 3.05) is 0 Å². The Morgan fingerprint density at radius 1 is 1.26 bits per heavy atom. The molecule has 2 aromatic heterocycles. The molecule has 0 atom stereocenters. The van der Waals surface area contributed by atoms with Gasteiger partial charge in [0, 0.05) is 36.6 Å². The molecule has 0 aliphatic heterocycles. The number of rotatable bonds is 4. The van der Waals surface area contributed by atoms with E-state index in [1.54, 1.807) is 23.0 Å². The lowest BCUT2D eigenvalue weighted by molar-refractivity contribution is -0.121. The molecule has 0 saturated carbocycles. The SMILES string of the molecule is O=C(Cn1ccc(=O)c2cc(F)ccc21)NCc1cccnc1. The van der Waals surface area contributed by atoms with Gasteiger partial charge in [-0.05, 0) is 29.8 Å². The van der Waals surface area contributed by atoms with Gasteiger partial charge in [0.15, 0.2) is 5.43 Å². The van der Waals surface area contributed by atoms with Crippen LogP contribution in [0.1, 0.15) is 5.56 Å². The fourth-order valence-corrected chi connectivity index (χ4v) is 2.34. The summed E-state index contributed by atoms with van der Waals surface area (Å²) in [6, 6.07) is 8.94. The first kappa shape index (κ1) is 14.9. The monoisotopic (exact) mass is 311 g/mol. The number of aromatic nitrogens is 2. The molecule has 23 heavy (non-hydrogen) atoms. The van der Waals surface area contributed by atoms with E-state index in [1.165, 1.54) is 30.5 Å². The third-order valence-corrected chi connectivity index (χ3v) is 3.47. The number of nitrogens with one attached hydrogen (secondary N) is 1. The molecule has 6 heteroatoms. The Labute approximate surface area is 131 Å². The highest BCUT2D eigenvalue weighted by molar-refractivity contribution is 5.82. The lowest BCUT2D eigenvalue weighted by Crippen LogP contribution is -2.27. The number of carbonyl (C=O) groups is 1. The molecule has 0 bridgehead atoms. The van der Waals surface area contributed by atoms with Crippen molar-refractivity contribution >= 4 is 16.8 Å². The topological polar surface area (TPSA) is 64.0 Å². The summed E-state index contributed by atoms with van der Waals surface area (Å²) in [5.41, 5.74) is 1.15. The van der Waals surface area contributed by atoms with Gasteiger partial charge in [0.1, 0.15) is 12.4 Å². The van der Waals surface area contributed by atoms with Gasteiger partial charge in [-0.25, -0.2) is 4.39 Å². The Bertz CT molecular complexity index is 907. The van der Waals surface area contributed by atoms with Crippen LogP contribution in [0.25, 0.3) is 10.9 Å². The van der Waals surface area contributed by atoms with Crippen molar-refractivity contribution in [2.45, 2.75) is 13.1 Å². The van der Waals surface area contributed by atoms with Gasteiger partial charge < -0.3 is 9.88 Å². The van der Waals surface area contributed by atoms with Crippen LogP contribution in [-0.4, -0.2) is 15.5 Å². The molecular weight excluding hydrogens is 297 g/mol. The summed E-state index contributed by atoms with van der Waals surface area (Å²) in [6.45, 7) is 0.419. The van der Waals surface area contributed by atoms with Gasteiger partial charge in [-0.15, -0.1) is 0 Å². The van der Waals surface area contributed by atoms with Crippen LogP contribution in [0, 0.1) is 5.82 Å². The summed E-state index contributed by atoms with van der Waals surface area (Å²) >= 11 is 0. The molecule has 3 aromatic rings. The van der Waals surface area contributed by atoms with Crippen molar-refractivity contribution in [3.05, 3.63) is 76.6 Å². The van der Waals surface area contributed by atoms with Crippen LogP contribution in [0.2, 0.25) is 0 Å². The zero-order valence-corrected chi connectivity index (χ0v) is 12.2. The van der Waals surface area contributed by atoms with Crippen LogP contribution in [0.4, 0.5) is 4.39 Å². The maximum atomic E-state index is 13.3. The number of halogens is 1. The number of pyridine rings is 2. The van der Waals surface area contributed by atoms with E-state index in [1.807, 2.05) is 6.07 Å². The standard InChI is InChI=1S/C17H14FN3O2/c18-13-3-4-15-14(8-13)16(22)5-7-21(15)11-17(23)20-10-12-2-1-6-19-9-12/h1-9H,10-11H2,(H,20,23). The van der Waals surface area contributed by atoms with E-state index >= 15 is 0 Å². The summed E-state index contributed by atoms with van der Waals surface area (Å²) < 4.78 is 14.9. The Balaban J connectivity index is 1.77. The first-order valence-electron chi connectivity index (χ1n) is 7.08. The zero-order valence-electron chi connectivity index (χ0n) is 12.2. The molecule has 1 N–H and O–H groups in total. The second-order valence-electron chi connectivity index (χ2n) is 5.11. The summed E-state index contributed by atoms with van der Waals surface area (Å²) in [6.07, 6.45) is 4.88. The highest BCUT2D eigenvalue weighted by Crippen LogP contribution is 2.12. The summed E-state index contributed by atoms with van der Waals surface area (Å²) in [5.74, 6) is -0.684. The van der Waals surface area contributed by atoms with E-state index < -0.39 is 5.82 Å². The lowest BCUT2D eigenvalue weighted by Gasteiger charge is -2.11. The van der Waals surface area contributed by atoms with Crippen molar-refractivity contribution in [1.29, 1.82) is 0 Å². The summed E-state index contributed by atoms with van der Waals surface area (Å²) in [5, 5.41) is 3.04. The van der Waals surface area contributed by atoms with Crippen LogP contribution in [-0.2, 0) is 17.9 Å². The molecular formula is C17H14FN3O2. The molecule has 0 unspecified atom stereocenters. The Morgan fingerprint density at radius 2 is 2.13 bits per heavy atom. The number of hydrogen-bond acceptors (Lipinski definition) is 3. The molecule has 0 saturated heterocycles. The van der Waals surface area contributed by atoms with E-state index in [0.29, 0.717) is 12.1 Å².